The van der Waals surface area contributed by atoms with Crippen molar-refractivity contribution in [3.05, 3.63) is 54.4 Å². The minimum absolute atomic E-state index is 0.175. The van der Waals surface area contributed by atoms with Crippen LogP contribution in [0, 0.1) is 0 Å². The summed E-state index contributed by atoms with van der Waals surface area (Å²) in [6.45, 7) is 3.07. The molecule has 0 aliphatic carbocycles. The summed E-state index contributed by atoms with van der Waals surface area (Å²) >= 11 is 0. The molecule has 1 aliphatic rings. The minimum atomic E-state index is -0.484. The van der Waals surface area contributed by atoms with Gasteiger partial charge < -0.3 is 10.1 Å². The number of nitrogens with zero attached hydrogens (tertiary/aromatic N) is 2. The van der Waals surface area contributed by atoms with E-state index in [-0.39, 0.29) is 18.2 Å². The highest BCUT2D eigenvalue weighted by molar-refractivity contribution is 6.22. The number of amides is 2. The molecule has 1 atom stereocenters. The van der Waals surface area contributed by atoms with E-state index in [9.17, 15) is 9.59 Å². The number of hydrogen-bond donors (Lipinski definition) is 1. The number of pyridine rings is 1. The normalized spacial score (nSPS) is 17.2. The third-order valence-electron chi connectivity index (χ3n) is 4.05. The smallest absolute Gasteiger partial charge is 0.251 e. The van der Waals surface area contributed by atoms with Crippen molar-refractivity contribution in [2.45, 2.75) is 25.8 Å². The molecule has 1 saturated heterocycles. The summed E-state index contributed by atoms with van der Waals surface area (Å²) in [7, 11) is 0. The molecule has 6 nitrogen and oxygen atoms in total. The van der Waals surface area contributed by atoms with Gasteiger partial charge in [0.15, 0.2) is 0 Å². The molecular formula is C19H21N3O3. The van der Waals surface area contributed by atoms with E-state index < -0.39 is 6.04 Å². The van der Waals surface area contributed by atoms with Gasteiger partial charge in [-0.3, -0.25) is 14.6 Å². The highest BCUT2D eigenvalue weighted by Crippen LogP contribution is 2.25. The Morgan fingerprint density at radius 3 is 2.68 bits per heavy atom. The largest absolute Gasteiger partial charge is 0.494 e. The predicted octanol–water partition coefficient (Wildman–Crippen LogP) is 1.94. The molecule has 1 aromatic heterocycles. The molecule has 0 unspecified atom stereocenters. The van der Waals surface area contributed by atoms with Gasteiger partial charge in [-0.2, -0.15) is 0 Å². The Morgan fingerprint density at radius 1 is 1.20 bits per heavy atom. The molecule has 2 aromatic rings. The summed E-state index contributed by atoms with van der Waals surface area (Å²) < 4.78 is 5.39. The fraction of sp³-hybridized carbons (Fsp3) is 0.316. The molecule has 0 saturated carbocycles. The van der Waals surface area contributed by atoms with Crippen molar-refractivity contribution < 1.29 is 14.3 Å². The van der Waals surface area contributed by atoms with Crippen LogP contribution in [0.3, 0.4) is 0 Å². The third kappa shape index (κ3) is 4.03. The zero-order valence-corrected chi connectivity index (χ0v) is 14.1. The lowest BCUT2D eigenvalue weighted by Crippen LogP contribution is -2.39. The third-order valence-corrected chi connectivity index (χ3v) is 4.05. The van der Waals surface area contributed by atoms with Gasteiger partial charge in [-0.25, -0.2) is 4.90 Å². The maximum absolute atomic E-state index is 12.6. The maximum atomic E-state index is 12.6. The van der Waals surface area contributed by atoms with Crippen LogP contribution in [0.15, 0.2) is 48.7 Å². The van der Waals surface area contributed by atoms with Gasteiger partial charge in [0.2, 0.25) is 5.91 Å². The molecule has 3 rings (SSSR count). The average Bonchev–Trinajstić information content (AvgIpc) is 2.91. The summed E-state index contributed by atoms with van der Waals surface area (Å²) in [6.07, 6.45) is 2.63. The van der Waals surface area contributed by atoms with Crippen molar-refractivity contribution in [2.75, 3.05) is 18.1 Å². The Hall–Kier alpha value is -2.73. The van der Waals surface area contributed by atoms with Gasteiger partial charge in [0.25, 0.3) is 5.91 Å². The molecule has 25 heavy (non-hydrogen) atoms. The van der Waals surface area contributed by atoms with Gasteiger partial charge in [0.05, 0.1) is 24.8 Å². The van der Waals surface area contributed by atoms with Crippen LogP contribution in [0.4, 0.5) is 5.69 Å². The topological polar surface area (TPSA) is 71.5 Å². The maximum Gasteiger partial charge on any atom is 0.251 e. The fourth-order valence-electron chi connectivity index (χ4n) is 2.84. The second-order valence-corrected chi connectivity index (χ2v) is 5.78. The van der Waals surface area contributed by atoms with E-state index in [0.717, 1.165) is 11.4 Å². The van der Waals surface area contributed by atoms with Gasteiger partial charge in [-0.1, -0.05) is 6.07 Å². The number of ether oxygens (including phenoxy) is 1. The molecular weight excluding hydrogens is 318 g/mol. The molecule has 1 aromatic carbocycles. The number of carbonyl (C=O) groups excluding carboxylic acids is 2. The lowest BCUT2D eigenvalue weighted by molar-refractivity contribution is -0.121. The standard InChI is InChI=1S/C19H21N3O3/c1-2-25-16-8-6-15(7-9-16)22-18(23)13-17(19(22)24)21-12-10-14-5-3-4-11-20-14/h3-9,11,17,21H,2,10,12-13H2,1H3/t17-/m1/s1. The quantitative estimate of drug-likeness (QED) is 0.781. The molecule has 0 bridgehead atoms. The Balaban J connectivity index is 1.59. The van der Waals surface area contributed by atoms with E-state index >= 15 is 0 Å². The van der Waals surface area contributed by atoms with E-state index in [2.05, 4.69) is 10.3 Å². The van der Waals surface area contributed by atoms with Crippen LogP contribution in [0.25, 0.3) is 0 Å². The number of carbonyl (C=O) groups is 2. The van der Waals surface area contributed by atoms with E-state index in [1.54, 1.807) is 30.5 Å². The van der Waals surface area contributed by atoms with Crippen molar-refractivity contribution in [3.8, 4) is 5.75 Å². The van der Waals surface area contributed by atoms with E-state index in [1.807, 2.05) is 25.1 Å². The number of imide groups is 1. The summed E-state index contributed by atoms with van der Waals surface area (Å²) in [6, 6.07) is 12.2. The molecule has 130 valence electrons. The first kappa shape index (κ1) is 17.1. The molecule has 1 aliphatic heterocycles. The SMILES string of the molecule is CCOc1ccc(N2C(=O)C[C@@H](NCCc3ccccn3)C2=O)cc1. The van der Waals surface area contributed by atoms with Crippen LogP contribution in [-0.2, 0) is 16.0 Å². The van der Waals surface area contributed by atoms with Crippen LogP contribution in [0.2, 0.25) is 0 Å². The number of nitrogens with one attached hydrogen (secondary N) is 1. The first-order valence-corrected chi connectivity index (χ1v) is 8.42. The van der Waals surface area contributed by atoms with Gasteiger partial charge in [0.1, 0.15) is 5.75 Å². The zero-order chi connectivity index (χ0) is 17.6. The highest BCUT2D eigenvalue weighted by atomic mass is 16.5. The fourth-order valence-corrected chi connectivity index (χ4v) is 2.84. The molecule has 2 heterocycles. The van der Waals surface area contributed by atoms with Crippen molar-refractivity contribution in [1.29, 1.82) is 0 Å². The number of aromatic nitrogens is 1. The molecule has 1 N–H and O–H groups in total. The zero-order valence-electron chi connectivity index (χ0n) is 14.1. The van der Waals surface area contributed by atoms with Crippen molar-refractivity contribution in [1.82, 2.24) is 10.3 Å². The summed E-state index contributed by atoms with van der Waals surface area (Å²) in [5.74, 6) is 0.315. The molecule has 6 heteroatoms. The van der Waals surface area contributed by atoms with E-state index in [4.69, 9.17) is 4.74 Å². The number of hydrogen-bond acceptors (Lipinski definition) is 5. The lowest BCUT2D eigenvalue weighted by atomic mass is 10.2. The number of rotatable bonds is 7. The highest BCUT2D eigenvalue weighted by Gasteiger charge is 2.39. The Bertz CT molecular complexity index is 731. The minimum Gasteiger partial charge on any atom is -0.494 e. The predicted molar refractivity (Wildman–Crippen MR) is 94.5 cm³/mol. The van der Waals surface area contributed by atoms with Gasteiger partial charge in [-0.05, 0) is 43.3 Å². The second-order valence-electron chi connectivity index (χ2n) is 5.78. The average molecular weight is 339 g/mol. The van der Waals surface area contributed by atoms with Crippen molar-refractivity contribution in [3.63, 3.8) is 0 Å². The van der Waals surface area contributed by atoms with Crippen LogP contribution in [0.5, 0.6) is 5.75 Å². The Labute approximate surface area is 146 Å². The molecule has 2 amide bonds. The Kier molecular flexibility index (Phi) is 5.40. The van der Waals surface area contributed by atoms with Crippen LogP contribution < -0.4 is 15.0 Å². The first-order chi connectivity index (χ1) is 12.2. The van der Waals surface area contributed by atoms with Crippen LogP contribution >= 0.6 is 0 Å². The number of benzene rings is 1. The number of anilines is 1. The van der Waals surface area contributed by atoms with Crippen LogP contribution in [-0.4, -0.2) is 36.0 Å². The van der Waals surface area contributed by atoms with Crippen LogP contribution in [0.1, 0.15) is 19.0 Å². The van der Waals surface area contributed by atoms with Gasteiger partial charge in [0, 0.05) is 24.9 Å². The van der Waals surface area contributed by atoms with Gasteiger partial charge >= 0.3 is 0 Å². The van der Waals surface area contributed by atoms with Crippen molar-refractivity contribution in [2.24, 2.45) is 0 Å². The summed E-state index contributed by atoms with van der Waals surface area (Å²) in [4.78, 5) is 30.3. The molecule has 0 radical (unpaired) electrons. The summed E-state index contributed by atoms with van der Waals surface area (Å²) in [5, 5.41) is 3.16. The monoisotopic (exact) mass is 339 g/mol. The molecule has 1 fully saturated rings. The second kappa shape index (κ2) is 7.90. The van der Waals surface area contributed by atoms with Gasteiger partial charge in [-0.15, -0.1) is 0 Å². The molecule has 0 spiro atoms. The van der Waals surface area contributed by atoms with E-state index in [0.29, 0.717) is 25.3 Å². The van der Waals surface area contributed by atoms with Crippen molar-refractivity contribution >= 4 is 17.5 Å². The lowest BCUT2D eigenvalue weighted by Gasteiger charge is -2.16. The Morgan fingerprint density at radius 2 is 2.00 bits per heavy atom. The summed E-state index contributed by atoms with van der Waals surface area (Å²) in [5.41, 5.74) is 1.53. The van der Waals surface area contributed by atoms with E-state index in [1.165, 1.54) is 4.90 Å². The first-order valence-electron chi connectivity index (χ1n) is 8.42.